The third-order valence-electron chi connectivity index (χ3n) is 3.44. The molecule has 0 radical (unpaired) electrons. The van der Waals surface area contributed by atoms with Gasteiger partial charge in [0.05, 0.1) is 16.7 Å². The van der Waals surface area contributed by atoms with Gasteiger partial charge in [-0.25, -0.2) is 4.98 Å². The van der Waals surface area contributed by atoms with Gasteiger partial charge in [-0.15, -0.1) is 22.7 Å². The summed E-state index contributed by atoms with van der Waals surface area (Å²) in [4.78, 5) is 20.8. The summed E-state index contributed by atoms with van der Waals surface area (Å²) in [6.07, 6.45) is 2.99. The molecule has 0 fully saturated rings. The molecule has 0 unspecified atom stereocenters. The molecule has 7 heteroatoms. The minimum atomic E-state index is -0.0133. The fourth-order valence-electron chi connectivity index (χ4n) is 2.39. The molecule has 114 valence electrons. The van der Waals surface area contributed by atoms with E-state index in [1.807, 2.05) is 11.4 Å². The first kappa shape index (κ1) is 15.3. The van der Waals surface area contributed by atoms with Crippen molar-refractivity contribution in [1.82, 2.24) is 9.55 Å². The number of thiocarbonyl (C=S) groups is 1. The van der Waals surface area contributed by atoms with Gasteiger partial charge in [-0.1, -0.05) is 25.2 Å². The molecule has 3 rings (SSSR count). The van der Waals surface area contributed by atoms with Crippen molar-refractivity contribution in [3.63, 3.8) is 0 Å². The average molecular weight is 350 g/mol. The van der Waals surface area contributed by atoms with Crippen LogP contribution in [0.15, 0.2) is 28.6 Å². The Balaban J connectivity index is 2.22. The summed E-state index contributed by atoms with van der Waals surface area (Å²) in [6.45, 7) is 2.57. The van der Waals surface area contributed by atoms with E-state index in [0.717, 1.165) is 27.1 Å². The van der Waals surface area contributed by atoms with Crippen molar-refractivity contribution in [2.75, 3.05) is 0 Å². The Morgan fingerprint density at radius 3 is 2.95 bits per heavy atom. The van der Waals surface area contributed by atoms with E-state index in [1.165, 1.54) is 4.88 Å². The van der Waals surface area contributed by atoms with Gasteiger partial charge >= 0.3 is 0 Å². The van der Waals surface area contributed by atoms with Gasteiger partial charge in [0.1, 0.15) is 4.83 Å². The number of nitrogens with two attached hydrogens (primary N) is 1. The number of thiophene rings is 2. The van der Waals surface area contributed by atoms with Crippen LogP contribution in [0.2, 0.25) is 0 Å². The maximum Gasteiger partial charge on any atom is 0.262 e. The predicted octanol–water partition coefficient (Wildman–Crippen LogP) is 3.43. The lowest BCUT2D eigenvalue weighted by molar-refractivity contribution is 0.688. The van der Waals surface area contributed by atoms with Gasteiger partial charge in [-0.05, 0) is 17.9 Å². The smallest absolute Gasteiger partial charge is 0.262 e. The molecule has 0 saturated carbocycles. The summed E-state index contributed by atoms with van der Waals surface area (Å²) in [5.41, 5.74) is 6.56. The molecule has 0 aromatic carbocycles. The van der Waals surface area contributed by atoms with E-state index in [1.54, 1.807) is 33.6 Å². The van der Waals surface area contributed by atoms with Crippen LogP contribution in [-0.2, 0) is 13.0 Å². The number of aryl methyl sites for hydroxylation is 2. The molecule has 0 bridgehead atoms. The first-order chi connectivity index (χ1) is 10.6. The lowest BCUT2D eigenvalue weighted by Crippen LogP contribution is -2.23. The molecule has 4 nitrogen and oxygen atoms in total. The topological polar surface area (TPSA) is 60.9 Å². The molecule has 0 atom stereocenters. The zero-order valence-corrected chi connectivity index (χ0v) is 14.5. The monoisotopic (exact) mass is 349 g/mol. The maximum absolute atomic E-state index is 12.8. The second-order valence-electron chi connectivity index (χ2n) is 4.87. The highest BCUT2D eigenvalue weighted by Crippen LogP contribution is 2.38. The number of rotatable bonds is 5. The average Bonchev–Trinajstić information content (AvgIpc) is 3.13. The molecule has 0 saturated heterocycles. The van der Waals surface area contributed by atoms with Crippen molar-refractivity contribution in [3.05, 3.63) is 39.1 Å². The minimum Gasteiger partial charge on any atom is -0.393 e. The summed E-state index contributed by atoms with van der Waals surface area (Å²) >= 11 is 8.14. The van der Waals surface area contributed by atoms with Crippen LogP contribution in [0.1, 0.15) is 18.2 Å². The minimum absolute atomic E-state index is 0.0133. The Kier molecular flexibility index (Phi) is 4.37. The Morgan fingerprint density at radius 1 is 1.50 bits per heavy atom. The highest BCUT2D eigenvalue weighted by molar-refractivity contribution is 7.80. The first-order valence-electron chi connectivity index (χ1n) is 6.94. The molecule has 3 heterocycles. The summed E-state index contributed by atoms with van der Waals surface area (Å²) < 4.78 is 1.60. The van der Waals surface area contributed by atoms with E-state index < -0.39 is 0 Å². The normalized spacial score (nSPS) is 11.1. The molecular formula is C15H15N3OS3. The molecule has 2 N–H and O–H groups in total. The lowest BCUT2D eigenvalue weighted by atomic mass is 10.1. The Bertz CT molecular complexity index is 877. The molecule has 3 aromatic heterocycles. The van der Waals surface area contributed by atoms with Crippen molar-refractivity contribution in [3.8, 4) is 10.4 Å². The van der Waals surface area contributed by atoms with Crippen molar-refractivity contribution < 1.29 is 0 Å². The number of hydrogen-bond donors (Lipinski definition) is 1. The molecule has 3 aromatic rings. The van der Waals surface area contributed by atoms with E-state index in [-0.39, 0.29) is 5.56 Å². The van der Waals surface area contributed by atoms with Gasteiger partial charge in [0.15, 0.2) is 0 Å². The second kappa shape index (κ2) is 6.28. The van der Waals surface area contributed by atoms with Gasteiger partial charge in [0, 0.05) is 28.3 Å². The molecule has 0 amide bonds. The maximum atomic E-state index is 12.8. The number of hydrogen-bond acceptors (Lipinski definition) is 5. The van der Waals surface area contributed by atoms with Crippen LogP contribution in [0.3, 0.4) is 0 Å². The van der Waals surface area contributed by atoms with Gasteiger partial charge in [-0.3, -0.25) is 9.36 Å². The zero-order chi connectivity index (χ0) is 15.7. The zero-order valence-electron chi connectivity index (χ0n) is 12.0. The van der Waals surface area contributed by atoms with Crippen LogP contribution in [0, 0.1) is 0 Å². The van der Waals surface area contributed by atoms with Crippen LogP contribution in [-0.4, -0.2) is 14.5 Å². The van der Waals surface area contributed by atoms with E-state index in [0.29, 0.717) is 18.0 Å². The van der Waals surface area contributed by atoms with Crippen molar-refractivity contribution >= 4 is 50.1 Å². The van der Waals surface area contributed by atoms with Crippen LogP contribution in [0.25, 0.3) is 20.7 Å². The van der Waals surface area contributed by atoms with E-state index in [4.69, 9.17) is 18.0 Å². The standard InChI is InChI=1S/C15H15N3OS3/c1-2-9-12(10-4-3-7-21-10)13-14(22-9)17-8-18(15(13)19)6-5-11(16)20/h3-4,7-8H,2,5-6H2,1H3,(H2,16,20). The van der Waals surface area contributed by atoms with Gasteiger partial charge in [0.25, 0.3) is 5.56 Å². The molecular weight excluding hydrogens is 334 g/mol. The van der Waals surface area contributed by atoms with Crippen molar-refractivity contribution in [1.29, 1.82) is 0 Å². The highest BCUT2D eigenvalue weighted by atomic mass is 32.1. The second-order valence-corrected chi connectivity index (χ2v) is 7.43. The summed E-state index contributed by atoms with van der Waals surface area (Å²) in [6, 6.07) is 4.06. The number of aromatic nitrogens is 2. The Morgan fingerprint density at radius 2 is 2.32 bits per heavy atom. The molecule has 0 spiro atoms. The largest absolute Gasteiger partial charge is 0.393 e. The van der Waals surface area contributed by atoms with Crippen LogP contribution in [0.5, 0.6) is 0 Å². The van der Waals surface area contributed by atoms with Crippen LogP contribution < -0.4 is 11.3 Å². The van der Waals surface area contributed by atoms with Gasteiger partial charge in [-0.2, -0.15) is 0 Å². The SMILES string of the molecule is CCc1sc2ncn(CCC(N)=S)c(=O)c2c1-c1cccs1. The predicted molar refractivity (Wildman–Crippen MR) is 98.0 cm³/mol. The van der Waals surface area contributed by atoms with E-state index in [9.17, 15) is 4.79 Å². The molecule has 0 aliphatic rings. The van der Waals surface area contributed by atoms with Gasteiger partial charge < -0.3 is 5.73 Å². The van der Waals surface area contributed by atoms with E-state index in [2.05, 4.69) is 18.0 Å². The highest BCUT2D eigenvalue weighted by Gasteiger charge is 2.18. The Labute approximate surface area is 141 Å². The quantitative estimate of drug-likeness (QED) is 0.717. The van der Waals surface area contributed by atoms with Crippen LogP contribution in [0.4, 0.5) is 0 Å². The van der Waals surface area contributed by atoms with E-state index >= 15 is 0 Å². The molecule has 0 aliphatic heterocycles. The van der Waals surface area contributed by atoms with Gasteiger partial charge in [0.2, 0.25) is 0 Å². The number of nitrogens with zero attached hydrogens (tertiary/aromatic N) is 2. The van der Waals surface area contributed by atoms with Crippen molar-refractivity contribution in [2.24, 2.45) is 5.73 Å². The lowest BCUT2D eigenvalue weighted by Gasteiger charge is -2.05. The third-order valence-corrected chi connectivity index (χ3v) is 5.77. The summed E-state index contributed by atoms with van der Waals surface area (Å²) in [7, 11) is 0. The molecule has 22 heavy (non-hydrogen) atoms. The summed E-state index contributed by atoms with van der Waals surface area (Å²) in [5, 5.41) is 2.75. The number of fused-ring (bicyclic) bond motifs is 1. The van der Waals surface area contributed by atoms with Crippen molar-refractivity contribution in [2.45, 2.75) is 26.3 Å². The Hall–Kier alpha value is -1.57. The fraction of sp³-hybridized carbons (Fsp3) is 0.267. The summed E-state index contributed by atoms with van der Waals surface area (Å²) in [5.74, 6) is 0. The fourth-order valence-corrected chi connectivity index (χ4v) is 4.44. The molecule has 0 aliphatic carbocycles. The first-order valence-corrected chi connectivity index (χ1v) is 9.05. The third kappa shape index (κ3) is 2.71. The van der Waals surface area contributed by atoms with Crippen LogP contribution >= 0.6 is 34.9 Å².